The summed E-state index contributed by atoms with van der Waals surface area (Å²) in [6, 6.07) is 9.50. The summed E-state index contributed by atoms with van der Waals surface area (Å²) in [5, 5.41) is 12.6. The van der Waals surface area contributed by atoms with Crippen LogP contribution in [0.2, 0.25) is 0 Å². The van der Waals surface area contributed by atoms with Crippen molar-refractivity contribution in [1.29, 1.82) is 0 Å². The van der Waals surface area contributed by atoms with Gasteiger partial charge in [-0.25, -0.2) is 18.3 Å². The summed E-state index contributed by atoms with van der Waals surface area (Å²) in [6.45, 7) is 6.04. The van der Waals surface area contributed by atoms with Crippen molar-refractivity contribution in [1.82, 2.24) is 19.2 Å². The third-order valence-electron chi connectivity index (χ3n) is 7.03. The molecule has 0 spiro atoms. The molecule has 1 aliphatic heterocycles. The van der Waals surface area contributed by atoms with Gasteiger partial charge in [-0.2, -0.15) is 0 Å². The SMILES string of the molecule is Cc1c(-n2cc(C(=O)O)c(=O)c3cc(F)c(N4CC(C)NC(C)C4)c(F)c32)c(=O)n(-c2ccccc2)n1C. The molecule has 0 aliphatic carbocycles. The molecule has 11 heteroatoms. The summed E-state index contributed by atoms with van der Waals surface area (Å²) in [7, 11) is 1.64. The van der Waals surface area contributed by atoms with E-state index in [0.29, 0.717) is 24.5 Å². The van der Waals surface area contributed by atoms with E-state index in [2.05, 4.69) is 5.32 Å². The van der Waals surface area contributed by atoms with Crippen molar-refractivity contribution < 1.29 is 18.7 Å². The van der Waals surface area contributed by atoms with Crippen molar-refractivity contribution in [3.63, 3.8) is 0 Å². The van der Waals surface area contributed by atoms with Crippen LogP contribution in [0.25, 0.3) is 22.3 Å². The van der Waals surface area contributed by atoms with E-state index >= 15 is 8.78 Å². The normalized spacial score (nSPS) is 17.8. The van der Waals surface area contributed by atoms with Crippen LogP contribution in [0.4, 0.5) is 14.5 Å². The molecule has 2 N–H and O–H groups in total. The summed E-state index contributed by atoms with van der Waals surface area (Å²) < 4.78 is 35.8. The molecule has 1 fully saturated rings. The Morgan fingerprint density at radius 1 is 1.05 bits per heavy atom. The first kappa shape index (κ1) is 25.4. The number of benzene rings is 2. The topological polar surface area (TPSA) is 102 Å². The van der Waals surface area contributed by atoms with Crippen LogP contribution in [-0.4, -0.2) is 50.2 Å². The molecule has 0 bridgehead atoms. The van der Waals surface area contributed by atoms with Crippen LogP contribution >= 0.6 is 0 Å². The maximum Gasteiger partial charge on any atom is 0.341 e. The van der Waals surface area contributed by atoms with Crippen molar-refractivity contribution in [2.75, 3.05) is 18.0 Å². The zero-order valence-electron chi connectivity index (χ0n) is 21.3. The molecule has 3 heterocycles. The summed E-state index contributed by atoms with van der Waals surface area (Å²) >= 11 is 0. The lowest BCUT2D eigenvalue weighted by Gasteiger charge is -2.38. The number of pyridine rings is 1. The molecule has 198 valence electrons. The minimum absolute atomic E-state index is 0.0534. The van der Waals surface area contributed by atoms with Crippen LogP contribution in [0.1, 0.15) is 29.9 Å². The molecule has 38 heavy (non-hydrogen) atoms. The number of anilines is 1. The maximum atomic E-state index is 16.4. The Morgan fingerprint density at radius 2 is 1.68 bits per heavy atom. The zero-order valence-corrected chi connectivity index (χ0v) is 21.3. The Kier molecular flexibility index (Phi) is 6.18. The van der Waals surface area contributed by atoms with Gasteiger partial charge in [-0.3, -0.25) is 14.3 Å². The summed E-state index contributed by atoms with van der Waals surface area (Å²) in [5.41, 5.74) is -2.12. The van der Waals surface area contributed by atoms with Gasteiger partial charge in [-0.15, -0.1) is 0 Å². The molecule has 2 aromatic heterocycles. The molecule has 5 rings (SSSR count). The minimum atomic E-state index is -1.57. The molecule has 2 unspecified atom stereocenters. The molecule has 1 aliphatic rings. The number of halogens is 2. The van der Waals surface area contributed by atoms with Gasteiger partial charge in [0.2, 0.25) is 5.43 Å². The lowest BCUT2D eigenvalue weighted by Crippen LogP contribution is -2.54. The fourth-order valence-corrected chi connectivity index (χ4v) is 5.36. The third-order valence-corrected chi connectivity index (χ3v) is 7.03. The van der Waals surface area contributed by atoms with E-state index in [-0.39, 0.29) is 29.0 Å². The van der Waals surface area contributed by atoms with Crippen LogP contribution in [0, 0.1) is 18.6 Å². The Morgan fingerprint density at radius 3 is 2.29 bits per heavy atom. The number of carboxylic acid groups (broad SMARTS) is 1. The number of fused-ring (bicyclic) bond motifs is 1. The van der Waals surface area contributed by atoms with Crippen molar-refractivity contribution in [3.05, 3.63) is 86.1 Å². The Labute approximate surface area is 216 Å². The third kappa shape index (κ3) is 3.90. The highest BCUT2D eigenvalue weighted by atomic mass is 19.1. The average molecular weight is 524 g/mol. The van der Waals surface area contributed by atoms with Gasteiger partial charge in [-0.1, -0.05) is 18.2 Å². The predicted octanol–water partition coefficient (Wildman–Crippen LogP) is 2.95. The molecule has 0 amide bonds. The molecule has 9 nitrogen and oxygen atoms in total. The number of hydrogen-bond donors (Lipinski definition) is 2. The Hall–Kier alpha value is -4.25. The second kappa shape index (κ2) is 9.25. The largest absolute Gasteiger partial charge is 0.477 e. The van der Waals surface area contributed by atoms with Gasteiger partial charge in [0.25, 0.3) is 5.56 Å². The predicted molar refractivity (Wildman–Crippen MR) is 140 cm³/mol. The minimum Gasteiger partial charge on any atom is -0.477 e. The van der Waals surface area contributed by atoms with Crippen molar-refractivity contribution >= 4 is 22.6 Å². The van der Waals surface area contributed by atoms with Gasteiger partial charge in [-0.05, 0) is 39.0 Å². The van der Waals surface area contributed by atoms with Crippen molar-refractivity contribution in [3.8, 4) is 11.4 Å². The molecule has 2 atom stereocenters. The molecular weight excluding hydrogens is 496 g/mol. The summed E-state index contributed by atoms with van der Waals surface area (Å²) in [5.74, 6) is -3.59. The van der Waals surface area contributed by atoms with Crippen LogP contribution in [0.15, 0.2) is 52.2 Å². The highest BCUT2D eigenvalue weighted by Gasteiger charge is 2.30. The van der Waals surface area contributed by atoms with Crippen LogP contribution in [0.5, 0.6) is 0 Å². The van der Waals surface area contributed by atoms with E-state index in [1.165, 1.54) is 4.68 Å². The van der Waals surface area contributed by atoms with Gasteiger partial charge < -0.3 is 19.9 Å². The van der Waals surface area contributed by atoms with E-state index in [9.17, 15) is 19.5 Å². The number of para-hydroxylation sites is 1. The number of hydrogen-bond acceptors (Lipinski definition) is 5. The highest BCUT2D eigenvalue weighted by molar-refractivity contribution is 5.94. The standard InChI is InChI=1S/C27H27F2N5O4/c1-14-11-32(12-15(2)30-14)24-20(28)10-18-23(21(24)29)33(13-19(25(18)35)27(37)38)22-16(3)31(4)34(26(22)36)17-8-6-5-7-9-17/h5-10,13-15,30H,11-12H2,1-4H3,(H,37,38). The maximum absolute atomic E-state index is 16.4. The van der Waals surface area contributed by atoms with Crippen LogP contribution in [-0.2, 0) is 7.05 Å². The smallest absolute Gasteiger partial charge is 0.341 e. The average Bonchev–Trinajstić information content (AvgIpc) is 3.07. The van der Waals surface area contributed by atoms with E-state index in [1.807, 2.05) is 13.8 Å². The lowest BCUT2D eigenvalue weighted by atomic mass is 10.1. The van der Waals surface area contributed by atoms with E-state index in [1.54, 1.807) is 53.9 Å². The first-order valence-electron chi connectivity index (χ1n) is 12.2. The molecule has 4 aromatic rings. The number of nitrogens with one attached hydrogen (secondary N) is 1. The summed E-state index contributed by atoms with van der Waals surface area (Å²) in [6.07, 6.45) is 0.944. The highest BCUT2D eigenvalue weighted by Crippen LogP contribution is 2.32. The number of nitrogens with zero attached hydrogens (tertiary/aromatic N) is 4. The van der Waals surface area contributed by atoms with Crippen molar-refractivity contribution in [2.45, 2.75) is 32.9 Å². The molecule has 0 saturated carbocycles. The van der Waals surface area contributed by atoms with Gasteiger partial charge in [0.1, 0.15) is 22.8 Å². The van der Waals surface area contributed by atoms with Gasteiger partial charge in [0, 0.05) is 38.4 Å². The zero-order chi connectivity index (χ0) is 27.5. The first-order valence-corrected chi connectivity index (χ1v) is 12.2. The van der Waals surface area contributed by atoms with Gasteiger partial charge in [0.15, 0.2) is 5.82 Å². The first-order chi connectivity index (χ1) is 18.0. The second-order valence-electron chi connectivity index (χ2n) is 9.75. The van der Waals surface area contributed by atoms with Crippen molar-refractivity contribution in [2.24, 2.45) is 7.05 Å². The fraction of sp³-hybridized carbons (Fsp3) is 0.296. The van der Waals surface area contributed by atoms with Crippen LogP contribution < -0.4 is 21.2 Å². The summed E-state index contributed by atoms with van der Waals surface area (Å²) in [4.78, 5) is 40.4. The van der Waals surface area contributed by atoms with Gasteiger partial charge in [0.05, 0.1) is 22.3 Å². The molecule has 1 saturated heterocycles. The quantitative estimate of drug-likeness (QED) is 0.427. The van der Waals surface area contributed by atoms with Gasteiger partial charge >= 0.3 is 5.97 Å². The number of carboxylic acids is 1. The number of piperazine rings is 1. The molecular formula is C27H27F2N5O4. The van der Waals surface area contributed by atoms with Crippen LogP contribution in [0.3, 0.4) is 0 Å². The Balaban J connectivity index is 1.88. The number of carbonyl (C=O) groups is 1. The number of aromatic carboxylic acids is 1. The second-order valence-corrected chi connectivity index (χ2v) is 9.75. The number of rotatable bonds is 4. The Bertz CT molecular complexity index is 1700. The van der Waals surface area contributed by atoms with E-state index in [0.717, 1.165) is 16.8 Å². The van der Waals surface area contributed by atoms with E-state index in [4.69, 9.17) is 0 Å². The fourth-order valence-electron chi connectivity index (χ4n) is 5.36. The number of aromatic nitrogens is 3. The molecule has 2 aromatic carbocycles. The monoisotopic (exact) mass is 523 g/mol. The lowest BCUT2D eigenvalue weighted by molar-refractivity contribution is 0.0695. The molecule has 0 radical (unpaired) electrons. The van der Waals surface area contributed by atoms with E-state index < -0.39 is 39.5 Å².